The van der Waals surface area contributed by atoms with E-state index in [4.69, 9.17) is 25.5 Å². The maximum absolute atomic E-state index is 10.5. The van der Waals surface area contributed by atoms with E-state index < -0.39 is 6.10 Å². The number of aromatic nitrogens is 2. The Labute approximate surface area is 202 Å². The van der Waals surface area contributed by atoms with Gasteiger partial charge in [0, 0.05) is 23.4 Å². The molecule has 1 atom stereocenters. The molecule has 1 aliphatic heterocycles. The number of aliphatic hydroxyl groups excluding tert-OH is 1. The van der Waals surface area contributed by atoms with E-state index in [0.29, 0.717) is 45.7 Å². The van der Waals surface area contributed by atoms with Crippen molar-refractivity contribution in [2.24, 2.45) is 0 Å². The van der Waals surface area contributed by atoms with E-state index in [0.717, 1.165) is 23.9 Å². The molecule has 0 aliphatic carbocycles. The Balaban J connectivity index is 1.38. The standard InChI is InChI=1S/C25H27ClN4O4/c1-32-21-11-18-20(12-22(21)34-14-17(31)13-30-8-3-2-4-9-30)27-15-28-25(18)29-23-19(26)6-5-16-7-10-33-24(16)23/h5-7,10-12,15,17,31H,2-4,8-9,13-14H2,1H3,(H,27,28,29)/t17-/m0/s1. The zero-order chi connectivity index (χ0) is 23.5. The number of halogens is 1. The lowest BCUT2D eigenvalue weighted by atomic mass is 10.1. The van der Waals surface area contributed by atoms with Crippen LogP contribution in [0.3, 0.4) is 0 Å². The molecule has 2 N–H and O–H groups in total. The van der Waals surface area contributed by atoms with Crippen LogP contribution >= 0.6 is 11.6 Å². The molecule has 0 spiro atoms. The van der Waals surface area contributed by atoms with Gasteiger partial charge in [0.1, 0.15) is 30.5 Å². The van der Waals surface area contributed by atoms with E-state index in [9.17, 15) is 5.11 Å². The second-order valence-corrected chi connectivity index (χ2v) is 8.86. The predicted molar refractivity (Wildman–Crippen MR) is 132 cm³/mol. The number of likely N-dealkylation sites (tertiary alicyclic amines) is 1. The quantitative estimate of drug-likeness (QED) is 0.362. The fourth-order valence-electron chi connectivity index (χ4n) is 4.36. The predicted octanol–water partition coefficient (Wildman–Crippen LogP) is 5.01. The van der Waals surface area contributed by atoms with Crippen LogP contribution in [-0.4, -0.2) is 59.4 Å². The van der Waals surface area contributed by atoms with Crippen molar-refractivity contribution >= 4 is 45.0 Å². The van der Waals surface area contributed by atoms with Crippen LogP contribution in [0.4, 0.5) is 11.5 Å². The SMILES string of the molecule is COc1cc2c(Nc3c(Cl)ccc4ccoc34)ncnc2cc1OC[C@@H](O)CN1CCCCC1. The van der Waals surface area contributed by atoms with Crippen molar-refractivity contribution in [3.05, 3.63) is 47.9 Å². The van der Waals surface area contributed by atoms with Gasteiger partial charge in [0.05, 0.1) is 23.9 Å². The Hall–Kier alpha value is -3.07. The first-order valence-corrected chi connectivity index (χ1v) is 11.8. The van der Waals surface area contributed by atoms with Gasteiger partial charge in [0.25, 0.3) is 0 Å². The minimum atomic E-state index is -0.586. The van der Waals surface area contributed by atoms with Crippen LogP contribution in [-0.2, 0) is 0 Å². The van der Waals surface area contributed by atoms with Crippen LogP contribution in [0.5, 0.6) is 11.5 Å². The van der Waals surface area contributed by atoms with Gasteiger partial charge in [-0.05, 0) is 50.2 Å². The maximum Gasteiger partial charge on any atom is 0.163 e. The van der Waals surface area contributed by atoms with Crippen molar-refractivity contribution in [1.82, 2.24) is 14.9 Å². The molecule has 9 heteroatoms. The number of methoxy groups -OCH3 is 1. The average Bonchev–Trinajstić information content (AvgIpc) is 3.34. The molecule has 178 valence electrons. The second-order valence-electron chi connectivity index (χ2n) is 8.45. The number of nitrogens with zero attached hydrogens (tertiary/aromatic N) is 3. The Morgan fingerprint density at radius 1 is 1.15 bits per heavy atom. The van der Waals surface area contributed by atoms with E-state index in [-0.39, 0.29) is 6.61 Å². The lowest BCUT2D eigenvalue weighted by Crippen LogP contribution is -2.38. The Kier molecular flexibility index (Phi) is 6.71. The average molecular weight is 483 g/mol. The summed E-state index contributed by atoms with van der Waals surface area (Å²) >= 11 is 6.45. The molecule has 1 fully saturated rings. The number of anilines is 2. The van der Waals surface area contributed by atoms with Crippen LogP contribution in [0.2, 0.25) is 5.02 Å². The number of ether oxygens (including phenoxy) is 2. The van der Waals surface area contributed by atoms with Crippen LogP contribution in [0.15, 0.2) is 47.3 Å². The Morgan fingerprint density at radius 3 is 2.82 bits per heavy atom. The summed E-state index contributed by atoms with van der Waals surface area (Å²) in [4.78, 5) is 11.1. The maximum atomic E-state index is 10.5. The number of piperidine rings is 1. The summed E-state index contributed by atoms with van der Waals surface area (Å²) in [6.07, 6.45) is 6.14. The van der Waals surface area contributed by atoms with Crippen molar-refractivity contribution < 1.29 is 19.0 Å². The number of furan rings is 1. The van der Waals surface area contributed by atoms with E-state index in [1.165, 1.54) is 25.6 Å². The van der Waals surface area contributed by atoms with Gasteiger partial charge < -0.3 is 29.2 Å². The van der Waals surface area contributed by atoms with Crippen LogP contribution in [0, 0.1) is 0 Å². The van der Waals surface area contributed by atoms with Crippen molar-refractivity contribution in [2.75, 3.05) is 38.7 Å². The van der Waals surface area contributed by atoms with Gasteiger partial charge >= 0.3 is 0 Å². The van der Waals surface area contributed by atoms with Crippen molar-refractivity contribution in [3.63, 3.8) is 0 Å². The topological polar surface area (TPSA) is 92.9 Å². The fraction of sp³-hybridized carbons (Fsp3) is 0.360. The number of aliphatic hydroxyl groups is 1. The third-order valence-electron chi connectivity index (χ3n) is 6.08. The zero-order valence-corrected chi connectivity index (χ0v) is 19.7. The highest BCUT2D eigenvalue weighted by Crippen LogP contribution is 2.38. The molecule has 2 aromatic carbocycles. The molecule has 0 amide bonds. The normalized spacial score (nSPS) is 15.5. The minimum Gasteiger partial charge on any atom is -0.493 e. The number of rotatable bonds is 8. The highest BCUT2D eigenvalue weighted by Gasteiger charge is 2.18. The molecular formula is C25H27ClN4O4. The van der Waals surface area contributed by atoms with E-state index in [1.54, 1.807) is 19.4 Å². The Bertz CT molecular complexity index is 1290. The van der Waals surface area contributed by atoms with Gasteiger partial charge in [-0.15, -0.1) is 0 Å². The first-order valence-electron chi connectivity index (χ1n) is 11.4. The molecule has 0 unspecified atom stereocenters. The summed E-state index contributed by atoms with van der Waals surface area (Å²) in [5.74, 6) is 1.60. The summed E-state index contributed by atoms with van der Waals surface area (Å²) in [6.45, 7) is 2.83. The highest BCUT2D eigenvalue weighted by atomic mass is 35.5. The second kappa shape index (κ2) is 10.0. The monoisotopic (exact) mass is 482 g/mol. The molecule has 0 bridgehead atoms. The molecule has 5 rings (SSSR count). The summed E-state index contributed by atoms with van der Waals surface area (Å²) in [7, 11) is 1.58. The van der Waals surface area contributed by atoms with Gasteiger partial charge in [-0.1, -0.05) is 18.0 Å². The van der Waals surface area contributed by atoms with E-state index >= 15 is 0 Å². The number of fused-ring (bicyclic) bond motifs is 2. The van der Waals surface area contributed by atoms with Crippen molar-refractivity contribution in [2.45, 2.75) is 25.4 Å². The third-order valence-corrected chi connectivity index (χ3v) is 6.40. The largest absolute Gasteiger partial charge is 0.493 e. The van der Waals surface area contributed by atoms with Crippen molar-refractivity contribution in [1.29, 1.82) is 0 Å². The number of benzene rings is 2. The molecule has 34 heavy (non-hydrogen) atoms. The molecule has 4 aromatic rings. The number of β-amino-alcohol motifs (C(OH)–C–C–N with tert-alkyl or cyclic N) is 1. The lowest BCUT2D eigenvalue weighted by Gasteiger charge is -2.28. The van der Waals surface area contributed by atoms with Gasteiger partial charge in [0.15, 0.2) is 17.1 Å². The third kappa shape index (κ3) is 4.75. The number of hydrogen-bond donors (Lipinski definition) is 2. The minimum absolute atomic E-state index is 0.171. The first-order chi connectivity index (χ1) is 16.6. The molecule has 0 radical (unpaired) electrons. The zero-order valence-electron chi connectivity index (χ0n) is 19.0. The van der Waals surface area contributed by atoms with E-state index in [1.807, 2.05) is 24.3 Å². The van der Waals surface area contributed by atoms with Crippen molar-refractivity contribution in [3.8, 4) is 11.5 Å². The first kappa shape index (κ1) is 22.7. The summed E-state index contributed by atoms with van der Waals surface area (Å²) in [6, 6.07) is 9.20. The van der Waals surface area contributed by atoms with Gasteiger partial charge in [0.2, 0.25) is 0 Å². The summed E-state index contributed by atoms with van der Waals surface area (Å²) < 4.78 is 17.1. The molecule has 8 nitrogen and oxygen atoms in total. The molecule has 0 saturated carbocycles. The lowest BCUT2D eigenvalue weighted by molar-refractivity contribution is 0.0609. The molecule has 3 heterocycles. The summed E-state index contributed by atoms with van der Waals surface area (Å²) in [5, 5.41) is 16.0. The Morgan fingerprint density at radius 2 is 2.00 bits per heavy atom. The fourth-order valence-corrected chi connectivity index (χ4v) is 4.55. The van der Waals surface area contributed by atoms with E-state index in [2.05, 4.69) is 20.2 Å². The van der Waals surface area contributed by atoms with Crippen LogP contribution < -0.4 is 14.8 Å². The van der Waals surface area contributed by atoms with Gasteiger partial charge in [-0.2, -0.15) is 0 Å². The van der Waals surface area contributed by atoms with Crippen LogP contribution in [0.25, 0.3) is 21.9 Å². The molecule has 2 aromatic heterocycles. The summed E-state index contributed by atoms with van der Waals surface area (Å²) in [5.41, 5.74) is 1.94. The van der Waals surface area contributed by atoms with Gasteiger partial charge in [-0.25, -0.2) is 9.97 Å². The molecular weight excluding hydrogens is 456 g/mol. The molecule has 1 saturated heterocycles. The smallest absolute Gasteiger partial charge is 0.163 e. The number of nitrogens with one attached hydrogen (secondary N) is 1. The van der Waals surface area contributed by atoms with Crippen LogP contribution in [0.1, 0.15) is 19.3 Å². The van der Waals surface area contributed by atoms with Gasteiger partial charge in [-0.3, -0.25) is 0 Å². The highest BCUT2D eigenvalue weighted by molar-refractivity contribution is 6.35. The molecule has 1 aliphatic rings. The number of hydrogen-bond acceptors (Lipinski definition) is 8.